The smallest absolute Gasteiger partial charge is 0.130 e. The molecule has 0 bridgehead atoms. The van der Waals surface area contributed by atoms with Crippen LogP contribution in [0.15, 0.2) is 60.3 Å². The van der Waals surface area contributed by atoms with Gasteiger partial charge in [0.25, 0.3) is 0 Å². The molecule has 0 fully saturated rings. The predicted octanol–water partition coefficient (Wildman–Crippen LogP) is 2.98. The van der Waals surface area contributed by atoms with E-state index in [0.29, 0.717) is 12.4 Å². The molecule has 0 amide bonds. The Morgan fingerprint density at radius 3 is 2.95 bits per heavy atom. The predicted molar refractivity (Wildman–Crippen MR) is 83.5 cm³/mol. The second-order valence-corrected chi connectivity index (χ2v) is 4.40. The van der Waals surface area contributed by atoms with E-state index in [2.05, 4.69) is 21.5 Å². The van der Waals surface area contributed by atoms with Crippen LogP contribution in [0, 0.1) is 0 Å². The van der Waals surface area contributed by atoms with Crippen LogP contribution in [0.2, 0.25) is 0 Å². The Hall–Kier alpha value is -2.69. The SMILES string of the molecule is C=C(C=N/C(=C\C)c1ccccn1)OCc1cncn1C. The summed E-state index contributed by atoms with van der Waals surface area (Å²) in [5, 5.41) is 0. The molecule has 2 aromatic heterocycles. The minimum atomic E-state index is 0.413. The zero-order valence-corrected chi connectivity index (χ0v) is 12.2. The Balaban J connectivity index is 1.94. The van der Waals surface area contributed by atoms with Crippen LogP contribution in [0.5, 0.6) is 0 Å². The first-order chi connectivity index (χ1) is 10.2. The van der Waals surface area contributed by atoms with Gasteiger partial charge in [-0.1, -0.05) is 18.7 Å². The maximum absolute atomic E-state index is 5.55. The number of aryl methyl sites for hydroxylation is 1. The van der Waals surface area contributed by atoms with Gasteiger partial charge in [-0.25, -0.2) is 4.98 Å². The van der Waals surface area contributed by atoms with E-state index in [-0.39, 0.29) is 0 Å². The number of hydrogen-bond donors (Lipinski definition) is 0. The molecule has 21 heavy (non-hydrogen) atoms. The van der Waals surface area contributed by atoms with Crippen LogP contribution in [-0.2, 0) is 18.4 Å². The van der Waals surface area contributed by atoms with E-state index in [1.54, 1.807) is 24.9 Å². The van der Waals surface area contributed by atoms with E-state index in [9.17, 15) is 0 Å². The highest BCUT2D eigenvalue weighted by molar-refractivity contribution is 5.81. The first-order valence-electron chi connectivity index (χ1n) is 6.59. The van der Waals surface area contributed by atoms with Crippen molar-refractivity contribution in [1.82, 2.24) is 14.5 Å². The first kappa shape index (κ1) is 14.7. The molecule has 0 unspecified atom stereocenters. The molecule has 0 N–H and O–H groups in total. The Morgan fingerprint density at radius 2 is 2.33 bits per heavy atom. The lowest BCUT2D eigenvalue weighted by atomic mass is 10.3. The van der Waals surface area contributed by atoms with E-state index in [0.717, 1.165) is 17.1 Å². The van der Waals surface area contributed by atoms with E-state index in [4.69, 9.17) is 4.74 Å². The van der Waals surface area contributed by atoms with E-state index < -0.39 is 0 Å². The third kappa shape index (κ3) is 4.14. The van der Waals surface area contributed by atoms with Crippen molar-refractivity contribution >= 4 is 11.9 Å². The fraction of sp³-hybridized carbons (Fsp3) is 0.188. The normalized spacial score (nSPS) is 11.8. The molecule has 0 aliphatic carbocycles. The maximum Gasteiger partial charge on any atom is 0.130 e. The third-order valence-electron chi connectivity index (χ3n) is 2.87. The van der Waals surface area contributed by atoms with Gasteiger partial charge in [-0.2, -0.15) is 0 Å². The van der Waals surface area contributed by atoms with Crippen molar-refractivity contribution in [1.29, 1.82) is 0 Å². The van der Waals surface area contributed by atoms with Gasteiger partial charge in [-0.15, -0.1) is 0 Å². The number of aliphatic imine (C=N–C) groups is 1. The molecule has 0 aliphatic rings. The molecule has 108 valence electrons. The fourth-order valence-electron chi connectivity index (χ4n) is 1.67. The van der Waals surface area contributed by atoms with Crippen LogP contribution in [-0.4, -0.2) is 20.7 Å². The number of hydrogen-bond acceptors (Lipinski definition) is 4. The molecule has 2 aromatic rings. The lowest BCUT2D eigenvalue weighted by molar-refractivity contribution is 0.214. The summed E-state index contributed by atoms with van der Waals surface area (Å²) in [5.74, 6) is 0.492. The Labute approximate surface area is 124 Å². The van der Waals surface area contributed by atoms with Crippen molar-refractivity contribution in [3.8, 4) is 0 Å². The minimum Gasteiger partial charge on any atom is -0.486 e. The van der Waals surface area contributed by atoms with Gasteiger partial charge in [0.1, 0.15) is 12.4 Å². The van der Waals surface area contributed by atoms with Crippen LogP contribution in [0.3, 0.4) is 0 Å². The van der Waals surface area contributed by atoms with Crippen LogP contribution in [0.25, 0.3) is 5.70 Å². The van der Waals surface area contributed by atoms with Gasteiger partial charge < -0.3 is 9.30 Å². The van der Waals surface area contributed by atoms with Crippen molar-refractivity contribution in [2.24, 2.45) is 12.0 Å². The van der Waals surface area contributed by atoms with E-state index in [1.165, 1.54) is 0 Å². The van der Waals surface area contributed by atoms with Crippen LogP contribution < -0.4 is 0 Å². The number of nitrogens with zero attached hydrogens (tertiary/aromatic N) is 4. The van der Waals surface area contributed by atoms with Crippen molar-refractivity contribution < 1.29 is 4.74 Å². The molecule has 0 saturated heterocycles. The average Bonchev–Trinajstić information content (AvgIpc) is 2.92. The number of imidazole rings is 1. The van der Waals surface area contributed by atoms with E-state index >= 15 is 0 Å². The Bertz CT molecular complexity index is 656. The molecule has 0 spiro atoms. The zero-order chi connectivity index (χ0) is 15.1. The van der Waals surface area contributed by atoms with Gasteiger partial charge in [-0.3, -0.25) is 9.98 Å². The largest absolute Gasteiger partial charge is 0.486 e. The summed E-state index contributed by atoms with van der Waals surface area (Å²) < 4.78 is 7.44. The molecule has 0 saturated carbocycles. The third-order valence-corrected chi connectivity index (χ3v) is 2.87. The molecule has 0 atom stereocenters. The Morgan fingerprint density at radius 1 is 1.48 bits per heavy atom. The van der Waals surface area contributed by atoms with Crippen molar-refractivity contribution in [2.75, 3.05) is 0 Å². The van der Waals surface area contributed by atoms with Crippen LogP contribution in [0.1, 0.15) is 18.3 Å². The number of aromatic nitrogens is 3. The molecule has 2 rings (SSSR count). The summed E-state index contributed by atoms with van der Waals surface area (Å²) in [6.45, 7) is 6.16. The molecular formula is C16H18N4O. The number of ether oxygens (including phenoxy) is 1. The highest BCUT2D eigenvalue weighted by atomic mass is 16.5. The molecule has 5 nitrogen and oxygen atoms in total. The quantitative estimate of drug-likeness (QED) is 0.604. The summed E-state index contributed by atoms with van der Waals surface area (Å²) in [6.07, 6.45) is 8.72. The highest BCUT2D eigenvalue weighted by Gasteiger charge is 2.01. The van der Waals surface area contributed by atoms with Gasteiger partial charge >= 0.3 is 0 Å². The topological polar surface area (TPSA) is 52.3 Å². The lowest BCUT2D eigenvalue weighted by Gasteiger charge is -2.06. The van der Waals surface area contributed by atoms with Crippen molar-refractivity contribution in [3.63, 3.8) is 0 Å². The zero-order valence-electron chi connectivity index (χ0n) is 12.2. The molecular weight excluding hydrogens is 264 g/mol. The van der Waals surface area contributed by atoms with Gasteiger partial charge in [-0.05, 0) is 19.1 Å². The molecule has 0 aliphatic heterocycles. The summed E-state index contributed by atoms with van der Waals surface area (Å²) in [4.78, 5) is 12.7. The van der Waals surface area contributed by atoms with Gasteiger partial charge in [0.05, 0.1) is 35.8 Å². The maximum atomic E-state index is 5.55. The van der Waals surface area contributed by atoms with E-state index in [1.807, 2.05) is 42.8 Å². The van der Waals surface area contributed by atoms with Crippen LogP contribution in [0.4, 0.5) is 0 Å². The summed E-state index contributed by atoms with van der Waals surface area (Å²) in [7, 11) is 1.92. The van der Waals surface area contributed by atoms with Crippen molar-refractivity contribution in [3.05, 3.63) is 66.7 Å². The lowest BCUT2D eigenvalue weighted by Crippen LogP contribution is -1.99. The van der Waals surface area contributed by atoms with Gasteiger partial charge in [0.15, 0.2) is 0 Å². The molecule has 0 radical (unpaired) electrons. The minimum absolute atomic E-state index is 0.413. The molecule has 2 heterocycles. The molecule has 5 heteroatoms. The number of rotatable bonds is 6. The van der Waals surface area contributed by atoms with Crippen molar-refractivity contribution in [2.45, 2.75) is 13.5 Å². The summed E-state index contributed by atoms with van der Waals surface area (Å²) in [6, 6.07) is 5.71. The highest BCUT2D eigenvalue weighted by Crippen LogP contribution is 2.12. The Kier molecular flexibility index (Phi) is 5.04. The average molecular weight is 282 g/mol. The monoisotopic (exact) mass is 282 g/mol. The summed E-state index contributed by atoms with van der Waals surface area (Å²) >= 11 is 0. The summed E-state index contributed by atoms with van der Waals surface area (Å²) in [5.41, 5.74) is 2.57. The number of allylic oxidation sites excluding steroid dienone is 2. The van der Waals surface area contributed by atoms with Gasteiger partial charge in [0.2, 0.25) is 0 Å². The standard InChI is InChI=1S/C16H18N4O/c1-4-15(16-7-5-6-8-18-16)19-9-13(2)21-11-14-10-17-12-20(14)3/h4-10,12H,2,11H2,1,3H3/b15-4-,19-9?. The van der Waals surface area contributed by atoms with Crippen LogP contribution >= 0.6 is 0 Å². The fourth-order valence-corrected chi connectivity index (χ4v) is 1.67. The first-order valence-corrected chi connectivity index (χ1v) is 6.59. The molecule has 0 aromatic carbocycles. The number of pyridine rings is 1. The van der Waals surface area contributed by atoms with Gasteiger partial charge in [0, 0.05) is 13.2 Å². The second kappa shape index (κ2) is 7.19. The second-order valence-electron chi connectivity index (χ2n) is 4.40.